The topological polar surface area (TPSA) is 42.2 Å². The van der Waals surface area contributed by atoms with Gasteiger partial charge in [0.05, 0.1) is 6.04 Å². The van der Waals surface area contributed by atoms with Crippen molar-refractivity contribution in [2.24, 2.45) is 0 Å². The quantitative estimate of drug-likeness (QED) is 0.793. The third kappa shape index (κ3) is 2.86. The van der Waals surface area contributed by atoms with Crippen molar-refractivity contribution < 1.29 is 4.52 Å². The minimum absolute atomic E-state index is 0.0383. The van der Waals surface area contributed by atoms with Gasteiger partial charge in [-0.25, -0.2) is 0 Å². The van der Waals surface area contributed by atoms with Gasteiger partial charge in [0.2, 0.25) is 5.89 Å². The summed E-state index contributed by atoms with van der Waals surface area (Å²) in [6.07, 6.45) is 3.91. The van der Waals surface area contributed by atoms with Crippen molar-refractivity contribution in [2.75, 3.05) is 13.1 Å². The van der Waals surface area contributed by atoms with Crippen molar-refractivity contribution in [3.63, 3.8) is 0 Å². The minimum Gasteiger partial charge on any atom is -0.338 e. The predicted octanol–water partition coefficient (Wildman–Crippen LogP) is 2.91. The van der Waals surface area contributed by atoms with Crippen LogP contribution in [0.15, 0.2) is 4.52 Å². The van der Waals surface area contributed by atoms with Crippen LogP contribution in [0.1, 0.15) is 64.7 Å². The van der Waals surface area contributed by atoms with Crippen LogP contribution in [-0.4, -0.2) is 28.1 Å². The maximum atomic E-state index is 5.40. The van der Waals surface area contributed by atoms with E-state index in [0.717, 1.165) is 24.8 Å². The number of hydrogen-bond donors (Lipinski definition) is 0. The van der Waals surface area contributed by atoms with E-state index in [1.54, 1.807) is 0 Å². The number of piperidine rings is 1. The summed E-state index contributed by atoms with van der Waals surface area (Å²) >= 11 is 0. The van der Waals surface area contributed by atoms with E-state index >= 15 is 0 Å². The predicted molar refractivity (Wildman–Crippen MR) is 66.8 cm³/mol. The van der Waals surface area contributed by atoms with Crippen molar-refractivity contribution in [1.29, 1.82) is 0 Å². The molecule has 0 spiro atoms. The number of nitrogens with zero attached hydrogens (tertiary/aromatic N) is 3. The number of aromatic nitrogens is 2. The highest BCUT2D eigenvalue weighted by Gasteiger charge is 2.26. The van der Waals surface area contributed by atoms with Crippen molar-refractivity contribution in [1.82, 2.24) is 15.0 Å². The van der Waals surface area contributed by atoms with Crippen LogP contribution in [0.4, 0.5) is 0 Å². The molecule has 0 aliphatic carbocycles. The first-order chi connectivity index (χ1) is 7.98. The van der Waals surface area contributed by atoms with Crippen LogP contribution < -0.4 is 0 Å². The summed E-state index contributed by atoms with van der Waals surface area (Å²) < 4.78 is 5.40. The van der Waals surface area contributed by atoms with Gasteiger partial charge in [0.1, 0.15) is 0 Å². The molecule has 4 heteroatoms. The monoisotopic (exact) mass is 237 g/mol. The van der Waals surface area contributed by atoms with E-state index in [4.69, 9.17) is 4.52 Å². The third-order valence-corrected chi connectivity index (χ3v) is 3.41. The average Bonchev–Trinajstić information content (AvgIpc) is 2.78. The van der Waals surface area contributed by atoms with Gasteiger partial charge in [-0.1, -0.05) is 32.3 Å². The summed E-state index contributed by atoms with van der Waals surface area (Å²) in [7, 11) is 0. The van der Waals surface area contributed by atoms with Crippen LogP contribution in [0.3, 0.4) is 0 Å². The fourth-order valence-electron chi connectivity index (χ4n) is 2.17. The van der Waals surface area contributed by atoms with Crippen LogP contribution in [0, 0.1) is 0 Å². The van der Waals surface area contributed by atoms with Gasteiger partial charge in [0, 0.05) is 5.41 Å². The molecule has 17 heavy (non-hydrogen) atoms. The largest absolute Gasteiger partial charge is 0.338 e. The molecule has 1 fully saturated rings. The Morgan fingerprint density at radius 3 is 2.35 bits per heavy atom. The van der Waals surface area contributed by atoms with Gasteiger partial charge in [-0.05, 0) is 32.9 Å². The summed E-state index contributed by atoms with van der Waals surface area (Å²) in [5.74, 6) is 1.56. The highest BCUT2D eigenvalue weighted by molar-refractivity contribution is 5.02. The van der Waals surface area contributed by atoms with E-state index in [1.807, 2.05) is 0 Å². The first kappa shape index (κ1) is 12.6. The summed E-state index contributed by atoms with van der Waals surface area (Å²) in [6, 6.07) is 0.249. The van der Waals surface area contributed by atoms with E-state index in [2.05, 4.69) is 42.7 Å². The molecule has 1 unspecified atom stereocenters. The van der Waals surface area contributed by atoms with E-state index in [-0.39, 0.29) is 11.5 Å². The molecule has 0 amide bonds. The molecule has 1 saturated heterocycles. The normalized spacial score (nSPS) is 20.5. The second kappa shape index (κ2) is 4.77. The lowest BCUT2D eigenvalue weighted by molar-refractivity contribution is 0.146. The van der Waals surface area contributed by atoms with Crippen molar-refractivity contribution >= 4 is 0 Å². The molecule has 0 bridgehead atoms. The summed E-state index contributed by atoms with van der Waals surface area (Å²) in [4.78, 5) is 6.97. The van der Waals surface area contributed by atoms with E-state index in [1.165, 1.54) is 19.3 Å². The molecule has 1 aromatic rings. The molecule has 1 aliphatic rings. The van der Waals surface area contributed by atoms with E-state index < -0.39 is 0 Å². The van der Waals surface area contributed by atoms with Crippen LogP contribution in [0.2, 0.25) is 0 Å². The van der Waals surface area contributed by atoms with Crippen molar-refractivity contribution in [3.05, 3.63) is 11.7 Å². The molecular formula is C13H23N3O. The Kier molecular flexibility index (Phi) is 3.52. The highest BCUT2D eigenvalue weighted by atomic mass is 16.5. The molecule has 2 heterocycles. The van der Waals surface area contributed by atoms with Gasteiger partial charge in [-0.3, -0.25) is 4.90 Å². The smallest absolute Gasteiger partial charge is 0.243 e. The zero-order valence-corrected chi connectivity index (χ0v) is 11.4. The van der Waals surface area contributed by atoms with E-state index in [0.29, 0.717) is 0 Å². The maximum Gasteiger partial charge on any atom is 0.243 e. The summed E-state index contributed by atoms with van der Waals surface area (Å²) in [6.45, 7) is 10.8. The molecule has 96 valence electrons. The summed E-state index contributed by atoms with van der Waals surface area (Å²) in [5.41, 5.74) is -0.0383. The maximum absolute atomic E-state index is 5.40. The molecule has 0 aromatic carbocycles. The minimum atomic E-state index is -0.0383. The molecule has 0 N–H and O–H groups in total. The first-order valence-electron chi connectivity index (χ1n) is 6.56. The number of hydrogen-bond acceptors (Lipinski definition) is 4. The fraction of sp³-hybridized carbons (Fsp3) is 0.846. The molecule has 1 atom stereocenters. The fourth-order valence-corrected chi connectivity index (χ4v) is 2.17. The first-order valence-corrected chi connectivity index (χ1v) is 6.56. The second-order valence-electron chi connectivity index (χ2n) is 5.98. The van der Waals surface area contributed by atoms with Gasteiger partial charge < -0.3 is 4.52 Å². The molecule has 1 aliphatic heterocycles. The zero-order valence-electron chi connectivity index (χ0n) is 11.4. The molecule has 4 nitrogen and oxygen atoms in total. The zero-order chi connectivity index (χ0) is 12.5. The van der Waals surface area contributed by atoms with Gasteiger partial charge in [0.25, 0.3) is 0 Å². The van der Waals surface area contributed by atoms with Gasteiger partial charge in [0.15, 0.2) is 5.82 Å². The average molecular weight is 237 g/mol. The highest BCUT2D eigenvalue weighted by Crippen LogP contribution is 2.25. The molecule has 2 rings (SSSR count). The lowest BCUT2D eigenvalue weighted by Crippen LogP contribution is -2.32. The van der Waals surface area contributed by atoms with Gasteiger partial charge in [-0.15, -0.1) is 0 Å². The standard InChI is InChI=1S/C13H23N3O/c1-10(16-8-6-5-7-9-16)11-14-12(15-17-11)13(2,3)4/h10H,5-9H2,1-4H3. The lowest BCUT2D eigenvalue weighted by atomic mass is 9.96. The Bertz CT molecular complexity index is 361. The molecule has 0 saturated carbocycles. The van der Waals surface area contributed by atoms with Crippen molar-refractivity contribution in [3.8, 4) is 0 Å². The van der Waals surface area contributed by atoms with Crippen LogP contribution in [0.25, 0.3) is 0 Å². The molecule has 1 aromatic heterocycles. The Labute approximate surface area is 103 Å². The summed E-state index contributed by atoms with van der Waals surface area (Å²) in [5, 5.41) is 4.09. The van der Waals surface area contributed by atoms with Gasteiger partial charge in [-0.2, -0.15) is 4.98 Å². The lowest BCUT2D eigenvalue weighted by Gasteiger charge is -2.30. The second-order valence-corrected chi connectivity index (χ2v) is 5.98. The van der Waals surface area contributed by atoms with Gasteiger partial charge >= 0.3 is 0 Å². The van der Waals surface area contributed by atoms with Crippen LogP contribution in [-0.2, 0) is 5.41 Å². The SMILES string of the molecule is CC(c1nc(C(C)(C)C)no1)N1CCCCC1. The Morgan fingerprint density at radius 2 is 1.82 bits per heavy atom. The number of rotatable bonds is 2. The van der Waals surface area contributed by atoms with Crippen LogP contribution in [0.5, 0.6) is 0 Å². The molecule has 0 radical (unpaired) electrons. The Balaban J connectivity index is 2.08. The molecular weight excluding hydrogens is 214 g/mol. The Hall–Kier alpha value is -0.900. The van der Waals surface area contributed by atoms with Crippen LogP contribution >= 0.6 is 0 Å². The van der Waals surface area contributed by atoms with Crippen molar-refractivity contribution in [2.45, 2.75) is 58.4 Å². The third-order valence-electron chi connectivity index (χ3n) is 3.41. The Morgan fingerprint density at radius 1 is 1.18 bits per heavy atom. The van der Waals surface area contributed by atoms with E-state index in [9.17, 15) is 0 Å². The number of likely N-dealkylation sites (tertiary alicyclic amines) is 1.